The fourth-order valence-corrected chi connectivity index (χ4v) is 3.80. The van der Waals surface area contributed by atoms with Crippen LogP contribution in [0.2, 0.25) is 0 Å². The van der Waals surface area contributed by atoms with E-state index in [-0.39, 0.29) is 5.91 Å². The monoisotopic (exact) mass is 423 g/mol. The van der Waals surface area contributed by atoms with Gasteiger partial charge in [-0.2, -0.15) is 0 Å². The highest BCUT2D eigenvalue weighted by molar-refractivity contribution is 6.01. The van der Waals surface area contributed by atoms with E-state index >= 15 is 0 Å². The molecule has 0 fully saturated rings. The summed E-state index contributed by atoms with van der Waals surface area (Å²) in [6, 6.07) is 9.44. The zero-order chi connectivity index (χ0) is 22.0. The molecule has 4 aromatic rings. The molecule has 0 unspecified atom stereocenters. The molecule has 0 saturated heterocycles. The Morgan fingerprint density at radius 3 is 2.61 bits per heavy atom. The number of rotatable bonds is 8. The number of nitrogens with zero attached hydrogens (tertiary/aromatic N) is 4. The number of aryl methyl sites for hydroxylation is 2. The molecule has 1 amide bonds. The standard InChI is InChI=1S/C22H25N5O4/c1-26-15(12-14-13-16(29-2)20(30-3)21(31-4)19(14)26)22(28)23-10-7-9-18-25-24-17-8-5-6-11-27(17)18/h5-6,8,11-13H,7,9-10H2,1-4H3,(H,23,28). The topological polar surface area (TPSA) is 91.9 Å². The molecule has 9 heteroatoms. The van der Waals surface area contributed by atoms with Crippen LogP contribution in [0.1, 0.15) is 22.7 Å². The van der Waals surface area contributed by atoms with Gasteiger partial charge in [0, 0.05) is 31.6 Å². The van der Waals surface area contributed by atoms with Crippen LogP contribution in [-0.2, 0) is 13.5 Å². The zero-order valence-electron chi connectivity index (χ0n) is 18.0. The highest BCUT2D eigenvalue weighted by Gasteiger charge is 2.22. The van der Waals surface area contributed by atoms with E-state index in [2.05, 4.69) is 15.5 Å². The number of hydrogen-bond acceptors (Lipinski definition) is 6. The Hall–Kier alpha value is -3.75. The average Bonchev–Trinajstić information content (AvgIpc) is 3.36. The number of carbonyl (C=O) groups excluding carboxylic acids is 1. The van der Waals surface area contributed by atoms with Crippen molar-refractivity contribution in [2.45, 2.75) is 12.8 Å². The maximum Gasteiger partial charge on any atom is 0.267 e. The summed E-state index contributed by atoms with van der Waals surface area (Å²) in [5.41, 5.74) is 2.11. The molecule has 162 valence electrons. The predicted octanol–water partition coefficient (Wildman–Crippen LogP) is 2.61. The predicted molar refractivity (Wildman–Crippen MR) is 116 cm³/mol. The Bertz CT molecular complexity index is 1240. The zero-order valence-corrected chi connectivity index (χ0v) is 18.0. The fraction of sp³-hybridized carbons (Fsp3) is 0.318. The third-order valence-corrected chi connectivity index (χ3v) is 5.30. The van der Waals surface area contributed by atoms with Gasteiger partial charge >= 0.3 is 0 Å². The van der Waals surface area contributed by atoms with Crippen molar-refractivity contribution in [2.24, 2.45) is 7.05 Å². The summed E-state index contributed by atoms with van der Waals surface area (Å²) in [5, 5.41) is 12.2. The van der Waals surface area contributed by atoms with Crippen LogP contribution in [-0.4, -0.2) is 52.9 Å². The SMILES string of the molecule is COc1cc2cc(C(=O)NCCCc3nnc4ccccn34)n(C)c2c(OC)c1OC. The van der Waals surface area contributed by atoms with Crippen LogP contribution in [0.25, 0.3) is 16.6 Å². The summed E-state index contributed by atoms with van der Waals surface area (Å²) in [6.07, 6.45) is 3.40. The van der Waals surface area contributed by atoms with Crippen LogP contribution in [0.4, 0.5) is 0 Å². The van der Waals surface area contributed by atoms with Crippen molar-refractivity contribution >= 4 is 22.5 Å². The molecule has 0 aliphatic rings. The Balaban J connectivity index is 1.49. The Morgan fingerprint density at radius 1 is 1.06 bits per heavy atom. The molecule has 1 N–H and O–H groups in total. The van der Waals surface area contributed by atoms with Crippen LogP contribution in [0.3, 0.4) is 0 Å². The minimum absolute atomic E-state index is 0.162. The van der Waals surface area contributed by atoms with Gasteiger partial charge in [-0.25, -0.2) is 0 Å². The van der Waals surface area contributed by atoms with Crippen molar-refractivity contribution in [1.29, 1.82) is 0 Å². The highest BCUT2D eigenvalue weighted by Crippen LogP contribution is 2.44. The fourth-order valence-electron chi connectivity index (χ4n) is 3.80. The number of ether oxygens (including phenoxy) is 3. The summed E-state index contributed by atoms with van der Waals surface area (Å²) in [7, 11) is 6.52. The van der Waals surface area contributed by atoms with Gasteiger partial charge in [-0.15, -0.1) is 10.2 Å². The van der Waals surface area contributed by atoms with E-state index in [1.165, 1.54) is 0 Å². The van der Waals surface area contributed by atoms with Gasteiger partial charge in [-0.05, 0) is 30.7 Å². The van der Waals surface area contributed by atoms with Gasteiger partial charge in [0.1, 0.15) is 11.5 Å². The lowest BCUT2D eigenvalue weighted by molar-refractivity contribution is 0.0945. The van der Waals surface area contributed by atoms with Gasteiger partial charge in [0.15, 0.2) is 17.1 Å². The first-order valence-corrected chi connectivity index (χ1v) is 9.94. The third-order valence-electron chi connectivity index (χ3n) is 5.30. The number of hydrogen-bond donors (Lipinski definition) is 1. The van der Waals surface area contributed by atoms with Crippen molar-refractivity contribution in [1.82, 2.24) is 24.5 Å². The second-order valence-corrected chi connectivity index (χ2v) is 7.08. The van der Waals surface area contributed by atoms with Gasteiger partial charge in [0.2, 0.25) is 5.75 Å². The smallest absolute Gasteiger partial charge is 0.267 e. The number of benzene rings is 1. The van der Waals surface area contributed by atoms with Crippen molar-refractivity contribution in [2.75, 3.05) is 27.9 Å². The molecule has 31 heavy (non-hydrogen) atoms. The normalized spacial score (nSPS) is 11.1. The first-order valence-electron chi connectivity index (χ1n) is 9.94. The second-order valence-electron chi connectivity index (χ2n) is 7.08. The molecule has 0 saturated carbocycles. The molecule has 9 nitrogen and oxygen atoms in total. The van der Waals surface area contributed by atoms with E-state index < -0.39 is 0 Å². The van der Waals surface area contributed by atoms with Crippen LogP contribution in [0, 0.1) is 0 Å². The number of pyridine rings is 1. The minimum atomic E-state index is -0.162. The lowest BCUT2D eigenvalue weighted by atomic mass is 10.2. The quantitative estimate of drug-likeness (QED) is 0.438. The summed E-state index contributed by atoms with van der Waals surface area (Å²) in [6.45, 7) is 0.520. The number of nitrogens with one attached hydrogen (secondary N) is 1. The van der Waals surface area contributed by atoms with E-state index in [9.17, 15) is 4.79 Å². The minimum Gasteiger partial charge on any atom is -0.493 e. The van der Waals surface area contributed by atoms with E-state index in [1.807, 2.05) is 48.0 Å². The third kappa shape index (κ3) is 3.63. The molecular formula is C22H25N5O4. The van der Waals surface area contributed by atoms with Gasteiger partial charge in [0.05, 0.1) is 26.8 Å². The van der Waals surface area contributed by atoms with E-state index in [1.54, 1.807) is 25.9 Å². The molecule has 4 rings (SSSR count). The van der Waals surface area contributed by atoms with Crippen molar-refractivity contribution < 1.29 is 19.0 Å². The molecule has 0 aliphatic carbocycles. The van der Waals surface area contributed by atoms with Gasteiger partial charge in [-0.1, -0.05) is 6.07 Å². The largest absolute Gasteiger partial charge is 0.493 e. The Labute approximate surface area is 179 Å². The van der Waals surface area contributed by atoms with Crippen LogP contribution in [0.5, 0.6) is 17.2 Å². The molecule has 3 aromatic heterocycles. The Kier molecular flexibility index (Phi) is 5.66. The average molecular weight is 423 g/mol. The number of amides is 1. The molecule has 1 aromatic carbocycles. The van der Waals surface area contributed by atoms with Crippen LogP contribution in [0.15, 0.2) is 36.5 Å². The van der Waals surface area contributed by atoms with Gasteiger partial charge < -0.3 is 24.1 Å². The lowest BCUT2D eigenvalue weighted by Gasteiger charge is -2.14. The molecule has 3 heterocycles. The first kappa shape index (κ1) is 20.5. The second kappa shape index (κ2) is 8.55. The summed E-state index contributed by atoms with van der Waals surface area (Å²) in [4.78, 5) is 12.8. The number of carbonyl (C=O) groups is 1. The molecule has 0 atom stereocenters. The number of methoxy groups -OCH3 is 3. The van der Waals surface area contributed by atoms with Gasteiger partial charge in [0.25, 0.3) is 5.91 Å². The van der Waals surface area contributed by atoms with E-state index in [0.29, 0.717) is 35.9 Å². The van der Waals surface area contributed by atoms with Crippen molar-refractivity contribution in [3.8, 4) is 17.2 Å². The Morgan fingerprint density at radius 2 is 1.87 bits per heavy atom. The maximum atomic E-state index is 12.8. The summed E-state index contributed by atoms with van der Waals surface area (Å²) >= 11 is 0. The number of aromatic nitrogens is 4. The van der Waals surface area contributed by atoms with Gasteiger partial charge in [-0.3, -0.25) is 9.20 Å². The first-order chi connectivity index (χ1) is 15.1. The van der Waals surface area contributed by atoms with E-state index in [0.717, 1.165) is 28.8 Å². The molecule has 0 radical (unpaired) electrons. The molecule has 0 aliphatic heterocycles. The molecule has 0 bridgehead atoms. The highest BCUT2D eigenvalue weighted by atomic mass is 16.5. The van der Waals surface area contributed by atoms with Crippen molar-refractivity contribution in [3.05, 3.63) is 48.0 Å². The molecule has 0 spiro atoms. The summed E-state index contributed by atoms with van der Waals surface area (Å²) < 4.78 is 20.2. The number of fused-ring (bicyclic) bond motifs is 2. The van der Waals surface area contributed by atoms with Crippen LogP contribution >= 0.6 is 0 Å². The van der Waals surface area contributed by atoms with E-state index in [4.69, 9.17) is 14.2 Å². The summed E-state index contributed by atoms with van der Waals surface area (Å²) in [5.74, 6) is 2.27. The van der Waals surface area contributed by atoms with Crippen LogP contribution < -0.4 is 19.5 Å². The lowest BCUT2D eigenvalue weighted by Crippen LogP contribution is -2.26. The maximum absolute atomic E-state index is 12.8. The van der Waals surface area contributed by atoms with Crippen molar-refractivity contribution in [3.63, 3.8) is 0 Å². The molecular weight excluding hydrogens is 398 g/mol.